The fourth-order valence-electron chi connectivity index (χ4n) is 1.82. The van der Waals surface area contributed by atoms with Crippen LogP contribution in [0.15, 0.2) is 34.9 Å². The molecule has 0 fully saturated rings. The summed E-state index contributed by atoms with van der Waals surface area (Å²) in [5.74, 6) is 0.327. The third-order valence-corrected chi connectivity index (χ3v) is 3.40. The summed E-state index contributed by atoms with van der Waals surface area (Å²) in [6.07, 6.45) is 1.46. The van der Waals surface area contributed by atoms with Gasteiger partial charge in [-0.1, -0.05) is 23.2 Å². The Bertz CT molecular complexity index is 605. The zero-order valence-electron chi connectivity index (χ0n) is 11.1. The molecule has 1 amide bonds. The van der Waals surface area contributed by atoms with Crippen LogP contribution in [0, 0.1) is 0 Å². The lowest BCUT2D eigenvalue weighted by atomic mass is 10.1. The summed E-state index contributed by atoms with van der Waals surface area (Å²) in [6, 6.07) is 5.57. The second kappa shape index (κ2) is 6.85. The van der Waals surface area contributed by atoms with Crippen LogP contribution in [0.2, 0.25) is 10.0 Å². The molecule has 1 heterocycles. The molecule has 0 saturated heterocycles. The number of benzene rings is 1. The van der Waals surface area contributed by atoms with Crippen molar-refractivity contribution in [3.8, 4) is 5.75 Å². The molecule has 0 bridgehead atoms. The van der Waals surface area contributed by atoms with Gasteiger partial charge in [0.25, 0.3) is 5.91 Å². The second-order valence-corrected chi connectivity index (χ2v) is 5.01. The first-order chi connectivity index (χ1) is 10.1. The van der Waals surface area contributed by atoms with E-state index in [4.69, 9.17) is 32.4 Å². The quantitative estimate of drug-likeness (QED) is 0.884. The monoisotopic (exact) mass is 329 g/mol. The van der Waals surface area contributed by atoms with E-state index in [2.05, 4.69) is 5.32 Å². The molecule has 1 unspecified atom stereocenters. The van der Waals surface area contributed by atoms with Crippen molar-refractivity contribution >= 4 is 29.1 Å². The number of methoxy groups -OCH3 is 1. The fourth-order valence-corrected chi connectivity index (χ4v) is 2.47. The topological polar surface area (TPSA) is 71.7 Å². The van der Waals surface area contributed by atoms with Crippen LogP contribution in [-0.4, -0.2) is 24.7 Å². The second-order valence-electron chi connectivity index (χ2n) is 4.20. The maximum absolute atomic E-state index is 12.2. The number of carbonyl (C=O) groups is 1. The molecule has 0 spiro atoms. The van der Waals surface area contributed by atoms with E-state index < -0.39 is 11.9 Å². The Morgan fingerprint density at radius 1 is 1.43 bits per heavy atom. The molecular formula is C14H13Cl2NO4. The van der Waals surface area contributed by atoms with Crippen molar-refractivity contribution in [3.63, 3.8) is 0 Å². The maximum atomic E-state index is 12.2. The van der Waals surface area contributed by atoms with Crippen LogP contribution in [0.25, 0.3) is 0 Å². The van der Waals surface area contributed by atoms with Crippen LogP contribution in [-0.2, 0) is 0 Å². The first-order valence-electron chi connectivity index (χ1n) is 6.05. The predicted octanol–water partition coefficient (Wildman–Crippen LogP) is 3.06. The molecular weight excluding hydrogens is 317 g/mol. The van der Waals surface area contributed by atoms with Gasteiger partial charge in [-0.3, -0.25) is 4.79 Å². The molecule has 1 aromatic carbocycles. The maximum Gasteiger partial charge on any atom is 0.252 e. The summed E-state index contributed by atoms with van der Waals surface area (Å²) in [6.45, 7) is -0.295. The summed E-state index contributed by atoms with van der Waals surface area (Å²) in [5.41, 5.74) is 0.260. The van der Waals surface area contributed by atoms with E-state index >= 15 is 0 Å². The number of halogens is 2. The Hall–Kier alpha value is -1.69. The summed E-state index contributed by atoms with van der Waals surface area (Å²) >= 11 is 12.0. The van der Waals surface area contributed by atoms with E-state index in [1.807, 2.05) is 0 Å². The summed E-state index contributed by atoms with van der Waals surface area (Å²) in [4.78, 5) is 12.2. The van der Waals surface area contributed by atoms with Gasteiger partial charge in [0.05, 0.1) is 30.0 Å². The van der Waals surface area contributed by atoms with E-state index in [-0.39, 0.29) is 22.2 Å². The number of carbonyl (C=O) groups excluding carboxylic acids is 1. The lowest BCUT2D eigenvalue weighted by molar-refractivity contribution is 0.0907. The highest BCUT2D eigenvalue weighted by atomic mass is 35.5. The number of aliphatic hydroxyl groups is 1. The molecule has 2 N–H and O–H groups in total. The average Bonchev–Trinajstić information content (AvgIpc) is 2.98. The zero-order chi connectivity index (χ0) is 15.4. The SMILES string of the molecule is COc1c(Cl)cc(C(=O)NC(CO)c2ccco2)cc1Cl. The van der Waals surface area contributed by atoms with Gasteiger partial charge in [-0.25, -0.2) is 0 Å². The van der Waals surface area contributed by atoms with E-state index in [1.54, 1.807) is 12.1 Å². The van der Waals surface area contributed by atoms with Crippen molar-refractivity contribution in [3.05, 3.63) is 51.9 Å². The van der Waals surface area contributed by atoms with Gasteiger partial charge in [-0.15, -0.1) is 0 Å². The molecule has 1 atom stereocenters. The molecule has 2 aromatic rings. The smallest absolute Gasteiger partial charge is 0.252 e. The highest BCUT2D eigenvalue weighted by Crippen LogP contribution is 2.33. The highest BCUT2D eigenvalue weighted by Gasteiger charge is 2.19. The molecule has 0 aliphatic carbocycles. The van der Waals surface area contributed by atoms with Crippen molar-refractivity contribution in [2.24, 2.45) is 0 Å². The number of rotatable bonds is 5. The van der Waals surface area contributed by atoms with Crippen LogP contribution in [0.3, 0.4) is 0 Å². The van der Waals surface area contributed by atoms with E-state index in [0.717, 1.165) is 0 Å². The molecule has 7 heteroatoms. The predicted molar refractivity (Wildman–Crippen MR) is 79.0 cm³/mol. The Labute approximate surface area is 131 Å². The van der Waals surface area contributed by atoms with Gasteiger partial charge in [0, 0.05) is 5.56 Å². The van der Waals surface area contributed by atoms with Gasteiger partial charge < -0.3 is 19.6 Å². The molecule has 112 valence electrons. The van der Waals surface area contributed by atoms with Crippen LogP contribution >= 0.6 is 23.2 Å². The number of hydrogen-bond acceptors (Lipinski definition) is 4. The number of aliphatic hydroxyl groups excluding tert-OH is 1. The number of ether oxygens (including phenoxy) is 1. The minimum absolute atomic E-state index is 0.230. The first kappa shape index (κ1) is 15.7. The van der Waals surface area contributed by atoms with Crippen LogP contribution < -0.4 is 10.1 Å². The Morgan fingerprint density at radius 3 is 2.57 bits per heavy atom. The van der Waals surface area contributed by atoms with Crippen molar-refractivity contribution in [2.75, 3.05) is 13.7 Å². The molecule has 5 nitrogen and oxygen atoms in total. The van der Waals surface area contributed by atoms with Crippen LogP contribution in [0.5, 0.6) is 5.75 Å². The Kier molecular flexibility index (Phi) is 5.12. The average molecular weight is 330 g/mol. The first-order valence-corrected chi connectivity index (χ1v) is 6.80. The third-order valence-electron chi connectivity index (χ3n) is 2.84. The minimum Gasteiger partial charge on any atom is -0.494 e. The van der Waals surface area contributed by atoms with Gasteiger partial charge >= 0.3 is 0 Å². The fraction of sp³-hybridized carbons (Fsp3) is 0.214. The molecule has 21 heavy (non-hydrogen) atoms. The Balaban J connectivity index is 2.20. The van der Waals surface area contributed by atoms with Gasteiger partial charge in [-0.2, -0.15) is 0 Å². The molecule has 0 aliphatic rings. The Morgan fingerprint density at radius 2 is 2.10 bits per heavy atom. The minimum atomic E-state index is -0.646. The highest BCUT2D eigenvalue weighted by molar-refractivity contribution is 6.37. The lowest BCUT2D eigenvalue weighted by Crippen LogP contribution is -2.30. The number of furan rings is 1. The lowest BCUT2D eigenvalue weighted by Gasteiger charge is -2.15. The van der Waals surface area contributed by atoms with E-state index in [9.17, 15) is 9.90 Å². The zero-order valence-corrected chi connectivity index (χ0v) is 12.6. The van der Waals surface area contributed by atoms with Crippen molar-refractivity contribution < 1.29 is 19.1 Å². The van der Waals surface area contributed by atoms with Gasteiger partial charge in [0.1, 0.15) is 11.8 Å². The van der Waals surface area contributed by atoms with E-state index in [1.165, 1.54) is 25.5 Å². The standard InChI is InChI=1S/C14H13Cl2NO4/c1-20-13-9(15)5-8(6-10(13)16)14(19)17-11(7-18)12-3-2-4-21-12/h2-6,11,18H,7H2,1H3,(H,17,19). The van der Waals surface area contributed by atoms with Crippen LogP contribution in [0.1, 0.15) is 22.2 Å². The van der Waals surface area contributed by atoms with E-state index in [0.29, 0.717) is 11.5 Å². The summed E-state index contributed by atoms with van der Waals surface area (Å²) in [5, 5.41) is 12.4. The molecule has 0 radical (unpaired) electrons. The molecule has 0 aliphatic heterocycles. The van der Waals surface area contributed by atoms with Gasteiger partial charge in [0.2, 0.25) is 0 Å². The van der Waals surface area contributed by atoms with Gasteiger partial charge in [-0.05, 0) is 24.3 Å². The van der Waals surface area contributed by atoms with Crippen molar-refractivity contribution in [1.82, 2.24) is 5.32 Å². The third kappa shape index (κ3) is 3.50. The van der Waals surface area contributed by atoms with Crippen molar-refractivity contribution in [2.45, 2.75) is 6.04 Å². The van der Waals surface area contributed by atoms with Crippen LogP contribution in [0.4, 0.5) is 0 Å². The summed E-state index contributed by atoms with van der Waals surface area (Å²) in [7, 11) is 1.44. The van der Waals surface area contributed by atoms with Gasteiger partial charge in [0.15, 0.2) is 5.75 Å². The number of amides is 1. The van der Waals surface area contributed by atoms with Crippen molar-refractivity contribution in [1.29, 1.82) is 0 Å². The number of nitrogens with one attached hydrogen (secondary N) is 1. The molecule has 0 saturated carbocycles. The molecule has 1 aromatic heterocycles. The summed E-state index contributed by atoms with van der Waals surface area (Å²) < 4.78 is 10.2. The molecule has 2 rings (SSSR count). The normalized spacial score (nSPS) is 12.0. The number of hydrogen-bond donors (Lipinski definition) is 2. The largest absolute Gasteiger partial charge is 0.494 e.